The van der Waals surface area contributed by atoms with E-state index in [1.54, 1.807) is 4.68 Å². The van der Waals surface area contributed by atoms with Gasteiger partial charge in [0.25, 0.3) is 0 Å². The number of hydrogen-bond donors (Lipinski definition) is 0. The monoisotopic (exact) mass is 222 g/mol. The van der Waals surface area contributed by atoms with E-state index < -0.39 is 0 Å². The summed E-state index contributed by atoms with van der Waals surface area (Å²) >= 11 is 1.49. The lowest BCUT2D eigenvalue weighted by Crippen LogP contribution is -2.02. The highest BCUT2D eigenvalue weighted by molar-refractivity contribution is 7.12. The normalized spacial score (nSPS) is 10.5. The highest BCUT2D eigenvalue weighted by atomic mass is 32.1. The molecule has 0 aliphatic carbocycles. The summed E-state index contributed by atoms with van der Waals surface area (Å²) in [5.41, 5.74) is 2.14. The quantitative estimate of drug-likeness (QED) is 0.737. The fourth-order valence-electron chi connectivity index (χ4n) is 1.33. The van der Waals surface area contributed by atoms with Crippen LogP contribution in [-0.4, -0.2) is 26.3 Å². The van der Waals surface area contributed by atoms with E-state index in [2.05, 4.69) is 15.3 Å². The Balaban J connectivity index is 2.52. The van der Waals surface area contributed by atoms with Crippen molar-refractivity contribution in [2.75, 3.05) is 0 Å². The van der Waals surface area contributed by atoms with Crippen molar-refractivity contribution in [3.8, 4) is 5.13 Å². The van der Waals surface area contributed by atoms with Gasteiger partial charge in [0.15, 0.2) is 6.29 Å². The lowest BCUT2D eigenvalue weighted by atomic mass is 10.3. The molecule has 2 aromatic rings. The summed E-state index contributed by atoms with van der Waals surface area (Å²) in [4.78, 5) is 15.0. The van der Waals surface area contributed by atoms with Gasteiger partial charge in [0, 0.05) is 5.38 Å². The Morgan fingerprint density at radius 3 is 2.93 bits per heavy atom. The summed E-state index contributed by atoms with van der Waals surface area (Å²) < 4.78 is 1.63. The van der Waals surface area contributed by atoms with Gasteiger partial charge in [-0.2, -0.15) is 4.68 Å². The van der Waals surface area contributed by atoms with Crippen LogP contribution in [-0.2, 0) is 6.42 Å². The molecule has 0 aliphatic rings. The van der Waals surface area contributed by atoms with Crippen LogP contribution in [0.15, 0.2) is 5.38 Å². The lowest BCUT2D eigenvalue weighted by Gasteiger charge is -1.98. The van der Waals surface area contributed by atoms with Gasteiger partial charge in [-0.1, -0.05) is 12.1 Å². The van der Waals surface area contributed by atoms with Gasteiger partial charge < -0.3 is 0 Å². The Morgan fingerprint density at radius 2 is 2.40 bits per heavy atom. The summed E-state index contributed by atoms with van der Waals surface area (Å²) in [6, 6.07) is 0. The maximum atomic E-state index is 10.7. The number of carbonyl (C=O) groups is 1. The first-order valence-electron chi connectivity index (χ1n) is 4.58. The molecule has 0 saturated heterocycles. The predicted octanol–water partition coefficient (Wildman–Crippen LogP) is 1.41. The highest BCUT2D eigenvalue weighted by Crippen LogP contribution is 2.16. The van der Waals surface area contributed by atoms with Gasteiger partial charge in [-0.15, -0.1) is 16.4 Å². The van der Waals surface area contributed by atoms with Crippen molar-refractivity contribution in [1.29, 1.82) is 0 Å². The van der Waals surface area contributed by atoms with Crippen molar-refractivity contribution in [3.63, 3.8) is 0 Å². The SMILES string of the molecule is CCc1c(C=O)nnn1-c1nc(C)cs1. The minimum atomic E-state index is 0.394. The summed E-state index contributed by atoms with van der Waals surface area (Å²) in [6.07, 6.45) is 1.43. The van der Waals surface area contributed by atoms with Crippen molar-refractivity contribution in [2.45, 2.75) is 20.3 Å². The van der Waals surface area contributed by atoms with Crippen LogP contribution >= 0.6 is 11.3 Å². The standard InChI is InChI=1S/C9H10N4OS/c1-3-8-7(4-14)11-12-13(8)9-10-6(2)5-15-9/h4-5H,3H2,1-2H3. The minimum Gasteiger partial charge on any atom is -0.296 e. The highest BCUT2D eigenvalue weighted by Gasteiger charge is 2.13. The van der Waals surface area contributed by atoms with Crippen molar-refractivity contribution < 1.29 is 4.79 Å². The maximum Gasteiger partial charge on any atom is 0.212 e. The van der Waals surface area contributed by atoms with Crippen molar-refractivity contribution in [2.24, 2.45) is 0 Å². The number of aromatic nitrogens is 4. The molecule has 2 rings (SSSR count). The number of hydrogen-bond acceptors (Lipinski definition) is 5. The Hall–Kier alpha value is -1.56. The third-order valence-corrected chi connectivity index (χ3v) is 2.96. The number of aryl methyl sites for hydroxylation is 1. The number of rotatable bonds is 3. The zero-order valence-electron chi connectivity index (χ0n) is 8.47. The molecule has 0 unspecified atom stereocenters. The average Bonchev–Trinajstić information content (AvgIpc) is 2.82. The molecule has 0 aliphatic heterocycles. The molecule has 0 saturated carbocycles. The second-order valence-electron chi connectivity index (χ2n) is 3.08. The van der Waals surface area contributed by atoms with Gasteiger partial charge in [-0.3, -0.25) is 4.79 Å². The van der Waals surface area contributed by atoms with Crippen LogP contribution in [0.4, 0.5) is 0 Å². The predicted molar refractivity (Wildman–Crippen MR) is 56.5 cm³/mol. The summed E-state index contributed by atoms with van der Waals surface area (Å²) in [6.45, 7) is 3.88. The molecule has 5 nitrogen and oxygen atoms in total. The summed E-state index contributed by atoms with van der Waals surface area (Å²) in [5.74, 6) is 0. The van der Waals surface area contributed by atoms with E-state index in [1.807, 2.05) is 19.2 Å². The van der Waals surface area contributed by atoms with Crippen LogP contribution in [0.2, 0.25) is 0 Å². The number of thiazole rings is 1. The van der Waals surface area contributed by atoms with Gasteiger partial charge in [0.1, 0.15) is 5.69 Å². The Labute approximate surface area is 90.8 Å². The van der Waals surface area contributed by atoms with E-state index in [0.29, 0.717) is 12.1 Å². The second kappa shape index (κ2) is 3.90. The number of nitrogens with zero attached hydrogens (tertiary/aromatic N) is 4. The third-order valence-electron chi connectivity index (χ3n) is 2.03. The molecule has 0 aromatic carbocycles. The Morgan fingerprint density at radius 1 is 1.60 bits per heavy atom. The van der Waals surface area contributed by atoms with Gasteiger partial charge in [0.2, 0.25) is 5.13 Å². The Kier molecular flexibility index (Phi) is 2.59. The van der Waals surface area contributed by atoms with E-state index in [-0.39, 0.29) is 0 Å². The number of aldehydes is 1. The van der Waals surface area contributed by atoms with Crippen molar-refractivity contribution >= 4 is 17.6 Å². The van der Waals surface area contributed by atoms with Crippen molar-refractivity contribution in [1.82, 2.24) is 20.0 Å². The van der Waals surface area contributed by atoms with E-state index >= 15 is 0 Å². The molecule has 6 heteroatoms. The van der Waals surface area contributed by atoms with E-state index in [1.165, 1.54) is 11.3 Å². The fourth-order valence-corrected chi connectivity index (χ4v) is 2.10. The molecule has 0 radical (unpaired) electrons. The van der Waals surface area contributed by atoms with Crippen molar-refractivity contribution in [3.05, 3.63) is 22.5 Å². The first-order chi connectivity index (χ1) is 7.26. The van der Waals surface area contributed by atoms with E-state index in [0.717, 1.165) is 22.8 Å². The average molecular weight is 222 g/mol. The molecule has 2 heterocycles. The maximum absolute atomic E-state index is 10.7. The van der Waals surface area contributed by atoms with Gasteiger partial charge in [-0.25, -0.2) is 4.98 Å². The molecule has 0 bridgehead atoms. The van der Waals surface area contributed by atoms with Gasteiger partial charge in [-0.05, 0) is 13.3 Å². The van der Waals surface area contributed by atoms with Crippen LogP contribution in [0, 0.1) is 6.92 Å². The van der Waals surface area contributed by atoms with E-state index in [9.17, 15) is 4.79 Å². The number of carbonyl (C=O) groups excluding carboxylic acids is 1. The van der Waals surface area contributed by atoms with Crippen LogP contribution in [0.1, 0.15) is 28.8 Å². The van der Waals surface area contributed by atoms with Gasteiger partial charge in [0.05, 0.1) is 11.4 Å². The molecule has 0 atom stereocenters. The largest absolute Gasteiger partial charge is 0.296 e. The molecule has 15 heavy (non-hydrogen) atoms. The van der Waals surface area contributed by atoms with Crippen LogP contribution in [0.3, 0.4) is 0 Å². The third kappa shape index (κ3) is 1.68. The smallest absolute Gasteiger partial charge is 0.212 e. The zero-order valence-corrected chi connectivity index (χ0v) is 9.28. The summed E-state index contributed by atoms with van der Waals surface area (Å²) in [7, 11) is 0. The zero-order chi connectivity index (χ0) is 10.8. The Bertz CT molecular complexity index is 488. The van der Waals surface area contributed by atoms with Gasteiger partial charge >= 0.3 is 0 Å². The molecule has 78 valence electrons. The van der Waals surface area contributed by atoms with Crippen LogP contribution < -0.4 is 0 Å². The molecular formula is C9H10N4OS. The van der Waals surface area contributed by atoms with Crippen LogP contribution in [0.5, 0.6) is 0 Å². The second-order valence-corrected chi connectivity index (χ2v) is 3.91. The molecular weight excluding hydrogens is 212 g/mol. The summed E-state index contributed by atoms with van der Waals surface area (Å²) in [5, 5.41) is 10.4. The molecule has 0 fully saturated rings. The molecule has 0 N–H and O–H groups in total. The molecule has 0 spiro atoms. The first-order valence-corrected chi connectivity index (χ1v) is 5.46. The minimum absolute atomic E-state index is 0.394. The fraction of sp³-hybridized carbons (Fsp3) is 0.333. The van der Waals surface area contributed by atoms with E-state index in [4.69, 9.17) is 0 Å². The topological polar surface area (TPSA) is 60.7 Å². The first kappa shape index (κ1) is 9.97. The lowest BCUT2D eigenvalue weighted by molar-refractivity contribution is 0.111. The van der Waals surface area contributed by atoms with Crippen LogP contribution in [0.25, 0.3) is 5.13 Å². The molecule has 2 aromatic heterocycles. The molecule has 0 amide bonds.